The molecule has 16 heavy (non-hydrogen) atoms. The van der Waals surface area contributed by atoms with Gasteiger partial charge in [0.2, 0.25) is 11.7 Å². The fraction of sp³-hybridized carbons (Fsp3) is 0. The summed E-state index contributed by atoms with van der Waals surface area (Å²) in [6, 6.07) is 0. The molecule has 82 valence electrons. The van der Waals surface area contributed by atoms with Crippen LogP contribution in [0.2, 0.25) is 0 Å². The second-order valence-corrected chi connectivity index (χ2v) is 3.55. The third-order valence-electron chi connectivity index (χ3n) is 1.69. The number of nitrogens with two attached hydrogens (primary N) is 1. The van der Waals surface area contributed by atoms with Crippen molar-refractivity contribution < 1.29 is 5.21 Å². The maximum absolute atomic E-state index is 8.46. The van der Waals surface area contributed by atoms with Crippen molar-refractivity contribution in [2.24, 2.45) is 10.9 Å². The highest BCUT2D eigenvalue weighted by molar-refractivity contribution is 9.10. The van der Waals surface area contributed by atoms with Gasteiger partial charge in [-0.25, -0.2) is 19.6 Å². The zero-order valence-electron chi connectivity index (χ0n) is 7.82. The van der Waals surface area contributed by atoms with Crippen molar-refractivity contribution in [2.45, 2.75) is 0 Å². The molecule has 0 amide bonds. The summed E-state index contributed by atoms with van der Waals surface area (Å²) in [6.45, 7) is 0. The van der Waals surface area contributed by atoms with Crippen molar-refractivity contribution in [1.82, 2.24) is 24.7 Å². The lowest BCUT2D eigenvalue weighted by Crippen LogP contribution is -2.15. The average molecular weight is 284 g/mol. The molecule has 8 nitrogen and oxygen atoms in total. The summed E-state index contributed by atoms with van der Waals surface area (Å²) in [5.74, 6) is 0.469. The van der Waals surface area contributed by atoms with E-state index in [1.807, 2.05) is 0 Å². The van der Waals surface area contributed by atoms with E-state index in [0.717, 1.165) is 0 Å². The Bertz CT molecular complexity index is 537. The predicted molar refractivity (Wildman–Crippen MR) is 57.2 cm³/mol. The molecule has 0 radical (unpaired) electrons. The van der Waals surface area contributed by atoms with Crippen LogP contribution in [0.25, 0.3) is 5.82 Å². The van der Waals surface area contributed by atoms with Gasteiger partial charge in [-0.15, -0.1) is 5.10 Å². The van der Waals surface area contributed by atoms with Crippen molar-refractivity contribution in [3.8, 4) is 5.82 Å². The summed E-state index contributed by atoms with van der Waals surface area (Å²) in [7, 11) is 0. The first-order chi connectivity index (χ1) is 7.72. The fourth-order valence-electron chi connectivity index (χ4n) is 1.00. The monoisotopic (exact) mass is 283 g/mol. The van der Waals surface area contributed by atoms with E-state index in [-0.39, 0.29) is 11.7 Å². The molecular formula is C7H6BrN7O. The second-order valence-electron chi connectivity index (χ2n) is 2.69. The van der Waals surface area contributed by atoms with Crippen LogP contribution in [0.3, 0.4) is 0 Å². The zero-order valence-corrected chi connectivity index (χ0v) is 9.40. The Morgan fingerprint density at radius 2 is 2.31 bits per heavy atom. The minimum atomic E-state index is -0.163. The van der Waals surface area contributed by atoms with Crippen molar-refractivity contribution in [1.29, 1.82) is 0 Å². The lowest BCUT2D eigenvalue weighted by molar-refractivity contribution is 0.318. The van der Waals surface area contributed by atoms with E-state index in [1.54, 1.807) is 6.20 Å². The number of halogens is 1. The van der Waals surface area contributed by atoms with Gasteiger partial charge < -0.3 is 10.9 Å². The van der Waals surface area contributed by atoms with Crippen LogP contribution in [0.15, 0.2) is 28.5 Å². The number of oxime groups is 1. The number of hydrogen-bond acceptors (Lipinski definition) is 6. The third-order valence-corrected chi connectivity index (χ3v) is 2.25. The Morgan fingerprint density at radius 1 is 1.50 bits per heavy atom. The fourth-order valence-corrected chi connectivity index (χ4v) is 1.40. The summed E-state index contributed by atoms with van der Waals surface area (Å²) < 4.78 is 2.05. The molecule has 9 heteroatoms. The van der Waals surface area contributed by atoms with Crippen LogP contribution in [0, 0.1) is 0 Å². The normalized spacial score (nSPS) is 11.7. The molecule has 0 bridgehead atoms. The van der Waals surface area contributed by atoms with Gasteiger partial charge in [0.15, 0.2) is 5.82 Å². The SMILES string of the molecule is NC(=NO)c1ncn(-c2ncncc2Br)n1. The van der Waals surface area contributed by atoms with E-state index >= 15 is 0 Å². The Hall–Kier alpha value is -2.03. The number of hydrogen-bond donors (Lipinski definition) is 2. The predicted octanol–water partition coefficient (Wildman–Crippen LogP) is -0.0857. The van der Waals surface area contributed by atoms with Crippen LogP contribution in [-0.2, 0) is 0 Å². The Kier molecular flexibility index (Phi) is 2.77. The first-order valence-corrected chi connectivity index (χ1v) is 4.87. The van der Waals surface area contributed by atoms with Gasteiger partial charge in [0.1, 0.15) is 12.7 Å². The third kappa shape index (κ3) is 1.84. The molecule has 0 fully saturated rings. The molecular weight excluding hydrogens is 278 g/mol. The van der Waals surface area contributed by atoms with Crippen molar-refractivity contribution in [3.05, 3.63) is 29.1 Å². The zero-order chi connectivity index (χ0) is 11.5. The molecule has 0 atom stereocenters. The van der Waals surface area contributed by atoms with E-state index in [2.05, 4.69) is 41.1 Å². The van der Waals surface area contributed by atoms with Gasteiger partial charge >= 0.3 is 0 Å². The van der Waals surface area contributed by atoms with Crippen LogP contribution in [0.5, 0.6) is 0 Å². The molecule has 2 aromatic rings. The molecule has 0 saturated carbocycles. The van der Waals surface area contributed by atoms with Crippen molar-refractivity contribution in [2.75, 3.05) is 0 Å². The Balaban J connectivity index is 2.43. The number of amidine groups is 1. The summed E-state index contributed by atoms with van der Waals surface area (Å²) in [6.07, 6.45) is 4.36. The molecule has 2 aromatic heterocycles. The van der Waals surface area contributed by atoms with Crippen LogP contribution in [0.4, 0.5) is 0 Å². The molecule has 0 aliphatic heterocycles. The molecule has 0 aliphatic carbocycles. The van der Waals surface area contributed by atoms with E-state index in [4.69, 9.17) is 10.9 Å². The quantitative estimate of drug-likeness (QED) is 0.345. The number of rotatable bonds is 2. The van der Waals surface area contributed by atoms with Crippen LogP contribution in [-0.4, -0.2) is 35.8 Å². The summed E-state index contributed by atoms with van der Waals surface area (Å²) in [4.78, 5) is 11.7. The lowest BCUT2D eigenvalue weighted by Gasteiger charge is -1.99. The largest absolute Gasteiger partial charge is 0.409 e. The summed E-state index contributed by atoms with van der Waals surface area (Å²) in [5, 5.41) is 15.2. The van der Waals surface area contributed by atoms with Crippen molar-refractivity contribution >= 4 is 21.8 Å². The van der Waals surface area contributed by atoms with Crippen LogP contribution < -0.4 is 5.73 Å². The maximum Gasteiger partial charge on any atom is 0.220 e. The highest BCUT2D eigenvalue weighted by Crippen LogP contribution is 2.15. The average Bonchev–Trinajstić information content (AvgIpc) is 2.78. The van der Waals surface area contributed by atoms with Gasteiger partial charge in [-0.2, -0.15) is 0 Å². The number of nitrogens with zero attached hydrogens (tertiary/aromatic N) is 6. The van der Waals surface area contributed by atoms with E-state index in [9.17, 15) is 0 Å². The molecule has 0 aliphatic rings. The van der Waals surface area contributed by atoms with Crippen LogP contribution in [0.1, 0.15) is 5.82 Å². The highest BCUT2D eigenvalue weighted by Gasteiger charge is 2.09. The summed E-state index contributed by atoms with van der Waals surface area (Å²) >= 11 is 3.27. The van der Waals surface area contributed by atoms with Gasteiger partial charge in [0.25, 0.3) is 0 Å². The minimum absolute atomic E-state index is 0.119. The molecule has 0 aromatic carbocycles. The lowest BCUT2D eigenvalue weighted by atomic mass is 10.6. The van der Waals surface area contributed by atoms with Gasteiger partial charge in [0.05, 0.1) is 4.47 Å². The van der Waals surface area contributed by atoms with Gasteiger partial charge in [0, 0.05) is 6.20 Å². The van der Waals surface area contributed by atoms with Crippen LogP contribution >= 0.6 is 15.9 Å². The minimum Gasteiger partial charge on any atom is -0.409 e. The molecule has 2 rings (SSSR count). The molecule has 3 N–H and O–H groups in total. The number of aromatic nitrogens is 5. The first kappa shape index (κ1) is 10.5. The van der Waals surface area contributed by atoms with E-state index in [0.29, 0.717) is 10.3 Å². The molecule has 0 saturated heterocycles. The van der Waals surface area contributed by atoms with E-state index < -0.39 is 0 Å². The molecule has 2 heterocycles. The maximum atomic E-state index is 8.46. The standard InChI is InChI=1S/C7H6BrN7O/c8-4-1-10-2-11-7(4)15-3-12-6(13-15)5(9)14-16/h1-3,16H,(H2,9,14). The van der Waals surface area contributed by atoms with Gasteiger partial charge in [-0.3, -0.25) is 0 Å². The molecule has 0 unspecified atom stereocenters. The van der Waals surface area contributed by atoms with Gasteiger partial charge in [-0.05, 0) is 15.9 Å². The topological polar surface area (TPSA) is 115 Å². The summed E-state index contributed by atoms with van der Waals surface area (Å²) in [5.41, 5.74) is 5.34. The smallest absolute Gasteiger partial charge is 0.220 e. The second kappa shape index (κ2) is 4.23. The Labute approximate surface area is 98.0 Å². The Morgan fingerprint density at radius 3 is 3.00 bits per heavy atom. The highest BCUT2D eigenvalue weighted by atomic mass is 79.9. The molecule has 0 spiro atoms. The van der Waals surface area contributed by atoms with Crippen molar-refractivity contribution in [3.63, 3.8) is 0 Å². The van der Waals surface area contributed by atoms with E-state index in [1.165, 1.54) is 17.3 Å². The first-order valence-electron chi connectivity index (χ1n) is 4.08. The van der Waals surface area contributed by atoms with Gasteiger partial charge in [-0.1, -0.05) is 5.16 Å².